The minimum Gasteiger partial charge on any atom is -0.496 e. The average molecular weight is 283 g/mol. The van der Waals surface area contributed by atoms with E-state index in [1.807, 2.05) is 24.3 Å². The fraction of sp³-hybridized carbons (Fsp3) is 0.385. The first-order valence-corrected chi connectivity index (χ1v) is 6.21. The molecule has 2 unspecified atom stereocenters. The molecule has 18 heavy (non-hydrogen) atoms. The largest absolute Gasteiger partial charge is 0.496 e. The van der Waals surface area contributed by atoms with Gasteiger partial charge in [-0.3, -0.25) is 0 Å². The van der Waals surface area contributed by atoms with Crippen LogP contribution in [0.4, 0.5) is 0 Å². The van der Waals surface area contributed by atoms with Crippen molar-refractivity contribution in [1.29, 1.82) is 10.5 Å². The zero-order valence-corrected chi connectivity index (χ0v) is 11.4. The summed E-state index contributed by atoms with van der Waals surface area (Å²) in [6, 6.07) is 9.46. The van der Waals surface area contributed by atoms with Crippen LogP contribution in [-0.2, 0) is 12.8 Å². The Balaban J connectivity index is 2.95. The maximum Gasteiger partial charge on any atom is 0.124 e. The van der Waals surface area contributed by atoms with Gasteiger partial charge in [-0.25, -0.2) is 0 Å². The van der Waals surface area contributed by atoms with Gasteiger partial charge in [-0.15, -0.1) is 23.2 Å². The minimum absolute atomic E-state index is 0.397. The zero-order valence-electron chi connectivity index (χ0n) is 9.86. The Morgan fingerprint density at radius 2 is 1.78 bits per heavy atom. The van der Waals surface area contributed by atoms with Gasteiger partial charge in [0.15, 0.2) is 0 Å². The number of halogens is 2. The molecule has 0 saturated carbocycles. The molecule has 0 amide bonds. The lowest BCUT2D eigenvalue weighted by Crippen LogP contribution is -2.05. The van der Waals surface area contributed by atoms with E-state index >= 15 is 0 Å². The van der Waals surface area contributed by atoms with Crippen LogP contribution in [0.2, 0.25) is 0 Å². The van der Waals surface area contributed by atoms with Gasteiger partial charge in [0, 0.05) is 12.8 Å². The van der Waals surface area contributed by atoms with E-state index < -0.39 is 10.8 Å². The molecule has 0 radical (unpaired) electrons. The van der Waals surface area contributed by atoms with Gasteiger partial charge < -0.3 is 4.74 Å². The fourth-order valence-electron chi connectivity index (χ4n) is 1.61. The van der Waals surface area contributed by atoms with E-state index in [-0.39, 0.29) is 0 Å². The predicted molar refractivity (Wildman–Crippen MR) is 70.9 cm³/mol. The van der Waals surface area contributed by atoms with Crippen LogP contribution in [0.15, 0.2) is 18.2 Å². The molecule has 1 aromatic rings. The lowest BCUT2D eigenvalue weighted by molar-refractivity contribution is 0.409. The summed E-state index contributed by atoms with van der Waals surface area (Å²) in [5, 5.41) is 16.2. The van der Waals surface area contributed by atoms with Crippen LogP contribution in [0.3, 0.4) is 0 Å². The van der Waals surface area contributed by atoms with Gasteiger partial charge >= 0.3 is 0 Å². The number of hydrogen-bond donors (Lipinski definition) is 0. The highest BCUT2D eigenvalue weighted by atomic mass is 35.5. The van der Waals surface area contributed by atoms with Crippen molar-refractivity contribution in [3.63, 3.8) is 0 Å². The second-order valence-corrected chi connectivity index (χ2v) is 4.80. The van der Waals surface area contributed by atoms with Gasteiger partial charge in [0.1, 0.15) is 16.5 Å². The van der Waals surface area contributed by atoms with Crippen LogP contribution in [0, 0.1) is 22.7 Å². The van der Waals surface area contributed by atoms with E-state index in [2.05, 4.69) is 0 Å². The third-order valence-corrected chi connectivity index (χ3v) is 2.94. The maximum absolute atomic E-state index is 8.73. The topological polar surface area (TPSA) is 56.8 Å². The summed E-state index contributed by atoms with van der Waals surface area (Å²) >= 11 is 11.6. The summed E-state index contributed by atoms with van der Waals surface area (Å²) in [6.45, 7) is 0. The van der Waals surface area contributed by atoms with Gasteiger partial charge in [-0.05, 0) is 17.2 Å². The second kappa shape index (κ2) is 7.11. The summed E-state index contributed by atoms with van der Waals surface area (Å²) in [4.78, 5) is 0. The third-order valence-electron chi connectivity index (χ3n) is 2.44. The molecule has 0 spiro atoms. The number of methoxy groups -OCH3 is 1. The van der Waals surface area contributed by atoms with Gasteiger partial charge in [0.25, 0.3) is 0 Å². The normalized spacial score (nSPS) is 13.2. The first kappa shape index (κ1) is 14.6. The standard InChI is InChI=1S/C13H12Cl2N2O/c1-18-13-3-2-9(5-11(14)7-16)4-10(13)6-12(15)8-17/h2-4,11-12H,5-6H2,1H3. The third kappa shape index (κ3) is 4.11. The lowest BCUT2D eigenvalue weighted by Gasteiger charge is -2.11. The van der Waals surface area contributed by atoms with E-state index in [9.17, 15) is 0 Å². The fourth-order valence-corrected chi connectivity index (χ4v) is 1.95. The van der Waals surface area contributed by atoms with Crippen LogP contribution in [0.25, 0.3) is 0 Å². The number of rotatable bonds is 5. The highest BCUT2D eigenvalue weighted by Crippen LogP contribution is 2.23. The van der Waals surface area contributed by atoms with E-state index in [1.165, 1.54) is 0 Å². The van der Waals surface area contributed by atoms with E-state index in [0.717, 1.165) is 11.1 Å². The van der Waals surface area contributed by atoms with E-state index in [0.29, 0.717) is 18.6 Å². The smallest absolute Gasteiger partial charge is 0.124 e. The van der Waals surface area contributed by atoms with Crippen LogP contribution in [0.5, 0.6) is 5.75 Å². The minimum atomic E-state index is -0.600. The first-order valence-electron chi connectivity index (χ1n) is 5.34. The molecule has 0 heterocycles. The quantitative estimate of drug-likeness (QED) is 0.780. The lowest BCUT2D eigenvalue weighted by atomic mass is 10.0. The second-order valence-electron chi connectivity index (χ2n) is 3.75. The highest BCUT2D eigenvalue weighted by molar-refractivity contribution is 6.22. The van der Waals surface area contributed by atoms with Crippen molar-refractivity contribution < 1.29 is 4.74 Å². The molecule has 94 valence electrons. The zero-order chi connectivity index (χ0) is 13.5. The number of ether oxygens (including phenoxy) is 1. The van der Waals surface area contributed by atoms with Crippen LogP contribution < -0.4 is 4.74 Å². The van der Waals surface area contributed by atoms with Crippen molar-refractivity contribution in [3.05, 3.63) is 29.3 Å². The SMILES string of the molecule is COc1ccc(CC(Cl)C#N)cc1CC(Cl)C#N. The van der Waals surface area contributed by atoms with Crippen LogP contribution >= 0.6 is 23.2 Å². The number of benzene rings is 1. The average Bonchev–Trinajstić information content (AvgIpc) is 2.38. The summed E-state index contributed by atoms with van der Waals surface area (Å²) in [5.74, 6) is 0.683. The van der Waals surface area contributed by atoms with Crippen LogP contribution in [-0.4, -0.2) is 17.9 Å². The molecule has 5 heteroatoms. The summed E-state index contributed by atoms with van der Waals surface area (Å²) < 4.78 is 5.21. The Labute approximate surface area is 116 Å². The molecule has 3 nitrogen and oxygen atoms in total. The number of hydrogen-bond acceptors (Lipinski definition) is 3. The molecule has 1 aromatic carbocycles. The maximum atomic E-state index is 8.73. The summed E-state index contributed by atoms with van der Waals surface area (Å²) in [7, 11) is 1.56. The molecule has 2 atom stereocenters. The van der Waals surface area contributed by atoms with Gasteiger partial charge in [-0.2, -0.15) is 10.5 Å². The monoisotopic (exact) mass is 282 g/mol. The van der Waals surface area contributed by atoms with Crippen molar-refractivity contribution >= 4 is 23.2 Å². The van der Waals surface area contributed by atoms with Crippen molar-refractivity contribution in [1.82, 2.24) is 0 Å². The molecule has 0 N–H and O–H groups in total. The summed E-state index contributed by atoms with van der Waals surface area (Å²) in [5.41, 5.74) is 1.77. The Morgan fingerprint density at radius 3 is 2.33 bits per heavy atom. The van der Waals surface area contributed by atoms with Crippen molar-refractivity contribution in [2.75, 3.05) is 7.11 Å². The molecular formula is C13H12Cl2N2O. The Hall–Kier alpha value is -1.42. The van der Waals surface area contributed by atoms with Gasteiger partial charge in [-0.1, -0.05) is 12.1 Å². The molecule has 0 fully saturated rings. The van der Waals surface area contributed by atoms with E-state index in [4.69, 9.17) is 38.5 Å². The molecule has 0 aliphatic rings. The molecule has 1 rings (SSSR count). The predicted octanol–water partition coefficient (Wildman–Crippen LogP) is 3.04. The number of nitrogens with zero attached hydrogens (tertiary/aromatic N) is 2. The molecule has 0 saturated heterocycles. The van der Waals surface area contributed by atoms with Crippen LogP contribution in [0.1, 0.15) is 11.1 Å². The highest BCUT2D eigenvalue weighted by Gasteiger charge is 2.12. The first-order chi connectivity index (χ1) is 8.60. The Morgan fingerprint density at radius 1 is 1.17 bits per heavy atom. The summed E-state index contributed by atoms with van der Waals surface area (Å²) in [6.07, 6.45) is 0.850. The molecule has 0 aromatic heterocycles. The number of alkyl halides is 2. The van der Waals surface area contributed by atoms with Gasteiger partial charge in [0.05, 0.1) is 19.2 Å². The number of nitriles is 2. The molecule has 0 bridgehead atoms. The Kier molecular flexibility index (Phi) is 5.78. The van der Waals surface area contributed by atoms with Gasteiger partial charge in [0.2, 0.25) is 0 Å². The van der Waals surface area contributed by atoms with Crippen molar-refractivity contribution in [2.24, 2.45) is 0 Å². The molecule has 0 aliphatic carbocycles. The van der Waals surface area contributed by atoms with Crippen molar-refractivity contribution in [3.8, 4) is 17.9 Å². The molecule has 0 aliphatic heterocycles. The Bertz CT molecular complexity index is 491. The van der Waals surface area contributed by atoms with E-state index in [1.54, 1.807) is 13.2 Å². The molecular weight excluding hydrogens is 271 g/mol. The van der Waals surface area contributed by atoms with Crippen molar-refractivity contribution in [2.45, 2.75) is 23.6 Å².